The fourth-order valence-corrected chi connectivity index (χ4v) is 4.12. The fraction of sp³-hybridized carbons (Fsp3) is 0.300. The van der Waals surface area contributed by atoms with Crippen molar-refractivity contribution in [3.63, 3.8) is 0 Å². The number of hydrogen-bond donors (Lipinski definition) is 0. The second-order valence-corrected chi connectivity index (χ2v) is 6.48. The highest BCUT2D eigenvalue weighted by Gasteiger charge is 2.37. The molecular formula is C20H18O2. The van der Waals surface area contributed by atoms with Crippen LogP contribution in [0.15, 0.2) is 36.4 Å². The van der Waals surface area contributed by atoms with Crippen LogP contribution in [0.1, 0.15) is 81.5 Å². The number of benzene rings is 2. The molecule has 3 aliphatic carbocycles. The molecule has 0 fully saturated rings. The maximum atomic E-state index is 11.7. The van der Waals surface area contributed by atoms with Crippen LogP contribution < -0.4 is 0 Å². The molecule has 5 rings (SSSR count). The molecule has 2 bridgehead atoms. The van der Waals surface area contributed by atoms with Gasteiger partial charge in [0, 0.05) is 23.0 Å². The highest BCUT2D eigenvalue weighted by atomic mass is 16.1. The Morgan fingerprint density at radius 3 is 1.55 bits per heavy atom. The van der Waals surface area contributed by atoms with Crippen molar-refractivity contribution in [3.8, 4) is 0 Å². The maximum Gasteiger partial charge on any atom is 0.159 e. The minimum atomic E-state index is 0.113. The number of carbonyl (C=O) groups is 2. The number of ketones is 2. The quantitative estimate of drug-likeness (QED) is 0.765. The summed E-state index contributed by atoms with van der Waals surface area (Å²) in [6, 6.07) is 12.3. The molecule has 0 N–H and O–H groups in total. The Kier molecular flexibility index (Phi) is 2.83. The lowest BCUT2D eigenvalue weighted by Gasteiger charge is -2.40. The van der Waals surface area contributed by atoms with E-state index >= 15 is 0 Å². The summed E-state index contributed by atoms with van der Waals surface area (Å²) in [6.07, 6.45) is 2.26. The highest BCUT2D eigenvalue weighted by Crippen LogP contribution is 2.53. The zero-order valence-corrected chi connectivity index (χ0v) is 12.8. The Labute approximate surface area is 130 Å². The first-order valence-corrected chi connectivity index (χ1v) is 7.86. The van der Waals surface area contributed by atoms with Crippen molar-refractivity contribution in [1.82, 2.24) is 0 Å². The topological polar surface area (TPSA) is 34.1 Å². The van der Waals surface area contributed by atoms with Gasteiger partial charge in [0.2, 0.25) is 0 Å². The number of fused-ring (bicyclic) bond motifs is 1. The first-order valence-electron chi connectivity index (χ1n) is 7.86. The standard InChI is InChI=1S/C20H18O2/c1-11(21)13-3-5-16-15-7-8-18(19(16)9-13)20-10-14(12(2)22)4-6-17(15)20/h3-6,9-10,15,18H,7-8H2,1-2H3. The Morgan fingerprint density at radius 1 is 0.727 bits per heavy atom. The predicted molar refractivity (Wildman–Crippen MR) is 85.8 cm³/mol. The van der Waals surface area contributed by atoms with Crippen LogP contribution in [0.5, 0.6) is 0 Å². The summed E-state index contributed by atoms with van der Waals surface area (Å²) in [5.41, 5.74) is 6.88. The van der Waals surface area contributed by atoms with E-state index in [1.165, 1.54) is 22.3 Å². The number of hydrogen-bond acceptors (Lipinski definition) is 2. The lowest BCUT2D eigenvalue weighted by atomic mass is 9.63. The van der Waals surface area contributed by atoms with Crippen LogP contribution >= 0.6 is 0 Å². The van der Waals surface area contributed by atoms with Crippen LogP contribution in [0.3, 0.4) is 0 Å². The van der Waals surface area contributed by atoms with E-state index in [-0.39, 0.29) is 11.6 Å². The molecule has 22 heavy (non-hydrogen) atoms. The Bertz CT molecular complexity index is 751. The van der Waals surface area contributed by atoms with Gasteiger partial charge in [-0.05, 0) is 61.1 Å². The number of Topliss-reactive ketones (excluding diaryl/α,β-unsaturated/α-hetero) is 2. The van der Waals surface area contributed by atoms with Crippen LogP contribution in [0.4, 0.5) is 0 Å². The zero-order chi connectivity index (χ0) is 15.4. The molecule has 2 heteroatoms. The van der Waals surface area contributed by atoms with Crippen molar-refractivity contribution in [2.45, 2.75) is 38.5 Å². The van der Waals surface area contributed by atoms with Crippen LogP contribution in [0.25, 0.3) is 0 Å². The molecule has 0 saturated heterocycles. The van der Waals surface area contributed by atoms with Gasteiger partial charge < -0.3 is 0 Å². The van der Waals surface area contributed by atoms with E-state index in [1.807, 2.05) is 12.1 Å². The predicted octanol–water partition coefficient (Wildman–Crippen LogP) is 4.46. The van der Waals surface area contributed by atoms with Crippen LogP contribution in [-0.4, -0.2) is 11.6 Å². The van der Waals surface area contributed by atoms with Crippen LogP contribution in [-0.2, 0) is 0 Å². The van der Waals surface area contributed by atoms with E-state index in [1.54, 1.807) is 13.8 Å². The summed E-state index contributed by atoms with van der Waals surface area (Å²) in [6.45, 7) is 3.23. The van der Waals surface area contributed by atoms with E-state index in [0.29, 0.717) is 11.8 Å². The second-order valence-electron chi connectivity index (χ2n) is 6.48. The molecule has 0 heterocycles. The lowest BCUT2D eigenvalue weighted by Crippen LogP contribution is -2.25. The largest absolute Gasteiger partial charge is 0.295 e. The minimum Gasteiger partial charge on any atom is -0.295 e. The fourth-order valence-electron chi connectivity index (χ4n) is 4.12. The summed E-state index contributed by atoms with van der Waals surface area (Å²) in [4.78, 5) is 23.4. The molecule has 0 spiro atoms. The van der Waals surface area contributed by atoms with E-state index in [0.717, 1.165) is 24.0 Å². The van der Waals surface area contributed by atoms with Crippen molar-refractivity contribution in [3.05, 3.63) is 69.8 Å². The first kappa shape index (κ1) is 13.4. The molecule has 0 radical (unpaired) electrons. The van der Waals surface area contributed by atoms with Crippen molar-refractivity contribution < 1.29 is 9.59 Å². The summed E-state index contributed by atoms with van der Waals surface area (Å²) in [5.74, 6) is 0.967. The molecule has 2 aromatic rings. The zero-order valence-electron chi connectivity index (χ0n) is 12.8. The molecule has 0 aromatic heterocycles. The Morgan fingerprint density at radius 2 is 1.14 bits per heavy atom. The molecule has 2 aromatic carbocycles. The Balaban J connectivity index is 1.90. The Hall–Kier alpha value is -2.22. The SMILES string of the molecule is CC(=O)c1ccc2c(c1)C1CCC2c2ccc(C(C)=O)cc21. The van der Waals surface area contributed by atoms with Gasteiger partial charge in [0.25, 0.3) is 0 Å². The average molecular weight is 290 g/mol. The maximum absolute atomic E-state index is 11.7. The molecule has 3 aliphatic rings. The van der Waals surface area contributed by atoms with Crippen molar-refractivity contribution in [2.75, 3.05) is 0 Å². The van der Waals surface area contributed by atoms with E-state index in [2.05, 4.69) is 24.3 Å². The summed E-state index contributed by atoms with van der Waals surface area (Å²) in [5, 5.41) is 0. The van der Waals surface area contributed by atoms with Gasteiger partial charge in [-0.2, -0.15) is 0 Å². The van der Waals surface area contributed by atoms with Gasteiger partial charge >= 0.3 is 0 Å². The molecule has 0 amide bonds. The first-order chi connectivity index (χ1) is 10.6. The summed E-state index contributed by atoms with van der Waals surface area (Å²) >= 11 is 0. The molecule has 2 nitrogen and oxygen atoms in total. The normalized spacial score (nSPS) is 21.2. The van der Waals surface area contributed by atoms with E-state index < -0.39 is 0 Å². The molecule has 0 aliphatic heterocycles. The van der Waals surface area contributed by atoms with Crippen molar-refractivity contribution in [2.24, 2.45) is 0 Å². The molecule has 110 valence electrons. The van der Waals surface area contributed by atoms with Gasteiger partial charge in [-0.25, -0.2) is 0 Å². The van der Waals surface area contributed by atoms with E-state index in [9.17, 15) is 9.59 Å². The van der Waals surface area contributed by atoms with Crippen LogP contribution in [0, 0.1) is 0 Å². The average Bonchev–Trinajstić information content (AvgIpc) is 2.54. The van der Waals surface area contributed by atoms with Gasteiger partial charge in [0.15, 0.2) is 11.6 Å². The monoisotopic (exact) mass is 290 g/mol. The second kappa shape index (κ2) is 4.64. The lowest BCUT2D eigenvalue weighted by molar-refractivity contribution is 0.100. The highest BCUT2D eigenvalue weighted by molar-refractivity contribution is 5.95. The van der Waals surface area contributed by atoms with Gasteiger partial charge in [0.1, 0.15) is 0 Å². The molecule has 0 saturated carbocycles. The third kappa shape index (κ3) is 1.80. The third-order valence-corrected chi connectivity index (χ3v) is 5.23. The van der Waals surface area contributed by atoms with Crippen LogP contribution in [0.2, 0.25) is 0 Å². The third-order valence-electron chi connectivity index (χ3n) is 5.23. The van der Waals surface area contributed by atoms with Gasteiger partial charge in [-0.1, -0.05) is 24.3 Å². The van der Waals surface area contributed by atoms with Gasteiger partial charge in [0.05, 0.1) is 0 Å². The van der Waals surface area contributed by atoms with E-state index in [4.69, 9.17) is 0 Å². The summed E-state index contributed by atoms with van der Waals surface area (Å²) < 4.78 is 0. The smallest absolute Gasteiger partial charge is 0.159 e. The molecular weight excluding hydrogens is 272 g/mol. The molecule has 0 unspecified atom stereocenters. The van der Waals surface area contributed by atoms with Crippen molar-refractivity contribution in [1.29, 1.82) is 0 Å². The van der Waals surface area contributed by atoms with Gasteiger partial charge in [-0.3, -0.25) is 9.59 Å². The van der Waals surface area contributed by atoms with Gasteiger partial charge in [-0.15, -0.1) is 0 Å². The minimum absolute atomic E-state index is 0.113. The van der Waals surface area contributed by atoms with Crippen molar-refractivity contribution >= 4 is 11.6 Å². The number of carbonyl (C=O) groups excluding carboxylic acids is 2. The molecule has 0 atom stereocenters. The number of rotatable bonds is 2. The summed E-state index contributed by atoms with van der Waals surface area (Å²) in [7, 11) is 0.